The molecule has 19 heavy (non-hydrogen) atoms. The van der Waals surface area contributed by atoms with E-state index in [9.17, 15) is 9.90 Å². The number of hydrogen-bond donors (Lipinski definition) is 3. The van der Waals surface area contributed by atoms with Gasteiger partial charge in [0.15, 0.2) is 0 Å². The molecular formula is C14H28N2O2S. The normalized spacial score (nSPS) is 19.7. The highest BCUT2D eigenvalue weighted by Crippen LogP contribution is 2.27. The van der Waals surface area contributed by atoms with Crippen molar-refractivity contribution in [2.45, 2.75) is 57.5 Å². The topological polar surface area (TPSA) is 61.4 Å². The number of aliphatic hydroxyl groups is 1. The summed E-state index contributed by atoms with van der Waals surface area (Å²) in [5.74, 6) is 1.45. The lowest BCUT2D eigenvalue weighted by Crippen LogP contribution is -2.49. The van der Waals surface area contributed by atoms with Crippen LogP contribution in [0.4, 0.5) is 4.79 Å². The van der Waals surface area contributed by atoms with Gasteiger partial charge in [0, 0.05) is 24.4 Å². The first-order chi connectivity index (χ1) is 9.17. The van der Waals surface area contributed by atoms with Crippen molar-refractivity contribution in [1.29, 1.82) is 0 Å². The van der Waals surface area contributed by atoms with Crippen LogP contribution in [0.5, 0.6) is 0 Å². The molecule has 0 radical (unpaired) electrons. The molecule has 0 aromatic rings. The molecule has 5 heteroatoms. The minimum Gasteiger partial charge on any atom is -0.396 e. The Morgan fingerprint density at radius 3 is 2.58 bits per heavy atom. The lowest BCUT2D eigenvalue weighted by molar-refractivity contribution is 0.195. The van der Waals surface area contributed by atoms with Gasteiger partial charge in [0.1, 0.15) is 0 Å². The number of amides is 2. The number of thioether (sulfide) groups is 1. The van der Waals surface area contributed by atoms with Gasteiger partial charge in [-0.15, -0.1) is 0 Å². The fraction of sp³-hybridized carbons (Fsp3) is 0.929. The number of urea groups is 1. The molecule has 112 valence electrons. The van der Waals surface area contributed by atoms with Crippen molar-refractivity contribution in [3.05, 3.63) is 0 Å². The standard InChI is InChI=1S/C14H28N2O2S/c1-11(10-19-2)15-14(18)16-13(8-9-17)12-6-4-3-5-7-12/h11-13,17H,3-10H2,1-2H3,(H2,15,16,18). The maximum Gasteiger partial charge on any atom is 0.315 e. The molecule has 1 rings (SSSR count). The summed E-state index contributed by atoms with van der Waals surface area (Å²) in [5, 5.41) is 15.2. The fourth-order valence-electron chi connectivity index (χ4n) is 2.83. The molecule has 0 spiro atoms. The van der Waals surface area contributed by atoms with Crippen LogP contribution < -0.4 is 10.6 Å². The van der Waals surface area contributed by atoms with Crippen LogP contribution in [0, 0.1) is 5.92 Å². The molecule has 1 fully saturated rings. The predicted octanol–water partition coefficient (Wildman–Crippen LogP) is 2.37. The van der Waals surface area contributed by atoms with E-state index >= 15 is 0 Å². The SMILES string of the molecule is CSCC(C)NC(=O)NC(CCO)C1CCCCC1. The lowest BCUT2D eigenvalue weighted by atomic mass is 9.83. The zero-order valence-corrected chi connectivity index (χ0v) is 13.0. The molecule has 0 aliphatic heterocycles. The quantitative estimate of drug-likeness (QED) is 0.674. The number of carbonyl (C=O) groups is 1. The molecule has 2 unspecified atom stereocenters. The molecule has 1 saturated carbocycles. The summed E-state index contributed by atoms with van der Waals surface area (Å²) in [5.41, 5.74) is 0. The minimum atomic E-state index is -0.0921. The van der Waals surface area contributed by atoms with Crippen LogP contribution in [0.25, 0.3) is 0 Å². The van der Waals surface area contributed by atoms with Crippen molar-refractivity contribution in [2.24, 2.45) is 5.92 Å². The highest BCUT2D eigenvalue weighted by atomic mass is 32.2. The molecule has 2 amide bonds. The Morgan fingerprint density at radius 2 is 2.00 bits per heavy atom. The Kier molecular flexibility index (Phi) is 8.30. The first-order valence-electron chi connectivity index (χ1n) is 7.34. The predicted molar refractivity (Wildman–Crippen MR) is 81.6 cm³/mol. The third-order valence-electron chi connectivity index (χ3n) is 3.77. The van der Waals surface area contributed by atoms with Crippen molar-refractivity contribution in [3.63, 3.8) is 0 Å². The summed E-state index contributed by atoms with van der Waals surface area (Å²) >= 11 is 1.73. The molecule has 1 aliphatic rings. The molecule has 4 nitrogen and oxygen atoms in total. The zero-order valence-electron chi connectivity index (χ0n) is 12.2. The highest BCUT2D eigenvalue weighted by molar-refractivity contribution is 7.98. The molecule has 0 heterocycles. The van der Waals surface area contributed by atoms with Gasteiger partial charge in [0.2, 0.25) is 0 Å². The van der Waals surface area contributed by atoms with Crippen molar-refractivity contribution >= 4 is 17.8 Å². The molecule has 0 aromatic heterocycles. The maximum absolute atomic E-state index is 11.9. The van der Waals surface area contributed by atoms with Gasteiger partial charge in [-0.25, -0.2) is 4.79 Å². The maximum atomic E-state index is 11.9. The van der Waals surface area contributed by atoms with Crippen molar-refractivity contribution in [2.75, 3.05) is 18.6 Å². The first-order valence-corrected chi connectivity index (χ1v) is 8.73. The van der Waals surface area contributed by atoms with E-state index in [0.29, 0.717) is 12.3 Å². The van der Waals surface area contributed by atoms with Crippen LogP contribution in [0.2, 0.25) is 0 Å². The molecular weight excluding hydrogens is 260 g/mol. The summed E-state index contributed by atoms with van der Waals surface area (Å²) in [6.07, 6.45) is 8.84. The Balaban J connectivity index is 2.40. The minimum absolute atomic E-state index is 0.0921. The second-order valence-corrected chi connectivity index (χ2v) is 6.40. The van der Waals surface area contributed by atoms with Crippen LogP contribution in [-0.4, -0.2) is 41.8 Å². The summed E-state index contributed by atoms with van der Waals surface area (Å²) in [6, 6.07) is 0.202. The van der Waals surface area contributed by atoms with E-state index in [2.05, 4.69) is 10.6 Å². The molecule has 0 bridgehead atoms. The van der Waals surface area contributed by atoms with Gasteiger partial charge in [0.05, 0.1) is 0 Å². The highest BCUT2D eigenvalue weighted by Gasteiger charge is 2.24. The average Bonchev–Trinajstić information content (AvgIpc) is 2.39. The van der Waals surface area contributed by atoms with Gasteiger partial charge in [-0.05, 0) is 38.4 Å². The van der Waals surface area contributed by atoms with Crippen LogP contribution in [0.1, 0.15) is 45.4 Å². The molecule has 2 atom stereocenters. The molecule has 3 N–H and O–H groups in total. The van der Waals surface area contributed by atoms with Crippen molar-refractivity contribution < 1.29 is 9.90 Å². The number of aliphatic hydroxyl groups excluding tert-OH is 1. The monoisotopic (exact) mass is 288 g/mol. The Bertz CT molecular complexity index is 258. The molecule has 1 aliphatic carbocycles. The average molecular weight is 288 g/mol. The summed E-state index contributed by atoms with van der Waals surface area (Å²) in [6.45, 7) is 2.15. The molecule has 0 aromatic carbocycles. The Labute approximate surface area is 121 Å². The van der Waals surface area contributed by atoms with Crippen LogP contribution in [0.15, 0.2) is 0 Å². The van der Waals surface area contributed by atoms with Gasteiger partial charge in [-0.2, -0.15) is 11.8 Å². The van der Waals surface area contributed by atoms with Crippen molar-refractivity contribution in [1.82, 2.24) is 10.6 Å². The van der Waals surface area contributed by atoms with Crippen LogP contribution in [0.3, 0.4) is 0 Å². The van der Waals surface area contributed by atoms with Crippen LogP contribution in [-0.2, 0) is 0 Å². The van der Waals surface area contributed by atoms with Crippen LogP contribution >= 0.6 is 11.8 Å². The van der Waals surface area contributed by atoms with E-state index in [1.165, 1.54) is 32.1 Å². The first kappa shape index (κ1) is 16.6. The number of nitrogens with one attached hydrogen (secondary N) is 2. The summed E-state index contributed by atoms with van der Waals surface area (Å²) in [4.78, 5) is 11.9. The fourth-order valence-corrected chi connectivity index (χ4v) is 3.41. The third-order valence-corrected chi connectivity index (χ3v) is 4.60. The summed E-state index contributed by atoms with van der Waals surface area (Å²) in [7, 11) is 0. The van der Waals surface area contributed by atoms with E-state index in [4.69, 9.17) is 0 Å². The van der Waals surface area contributed by atoms with E-state index < -0.39 is 0 Å². The van der Waals surface area contributed by atoms with Gasteiger partial charge < -0.3 is 15.7 Å². The number of carbonyl (C=O) groups excluding carboxylic acids is 1. The van der Waals surface area contributed by atoms with Crippen molar-refractivity contribution in [3.8, 4) is 0 Å². The second kappa shape index (κ2) is 9.48. The van der Waals surface area contributed by atoms with Gasteiger partial charge in [-0.1, -0.05) is 19.3 Å². The largest absolute Gasteiger partial charge is 0.396 e. The smallest absolute Gasteiger partial charge is 0.315 e. The van der Waals surface area contributed by atoms with E-state index in [-0.39, 0.29) is 24.7 Å². The number of rotatable bonds is 7. The van der Waals surface area contributed by atoms with Gasteiger partial charge >= 0.3 is 6.03 Å². The van der Waals surface area contributed by atoms with E-state index in [1.54, 1.807) is 11.8 Å². The van der Waals surface area contributed by atoms with E-state index in [0.717, 1.165) is 5.75 Å². The van der Waals surface area contributed by atoms with Gasteiger partial charge in [0.25, 0.3) is 0 Å². The Hall–Kier alpha value is -0.420. The zero-order chi connectivity index (χ0) is 14.1. The second-order valence-electron chi connectivity index (χ2n) is 5.49. The summed E-state index contributed by atoms with van der Waals surface area (Å²) < 4.78 is 0. The third kappa shape index (κ3) is 6.52. The molecule has 0 saturated heterocycles. The number of hydrogen-bond acceptors (Lipinski definition) is 3. The lowest BCUT2D eigenvalue weighted by Gasteiger charge is -2.31. The Morgan fingerprint density at radius 1 is 1.32 bits per heavy atom. The van der Waals surface area contributed by atoms with Gasteiger partial charge in [-0.3, -0.25) is 0 Å². The van der Waals surface area contributed by atoms with E-state index in [1.807, 2.05) is 13.2 Å².